The summed E-state index contributed by atoms with van der Waals surface area (Å²) >= 11 is 0. The van der Waals surface area contributed by atoms with E-state index in [9.17, 15) is 4.79 Å². The predicted octanol–water partition coefficient (Wildman–Crippen LogP) is 2.59. The van der Waals surface area contributed by atoms with E-state index in [4.69, 9.17) is 9.47 Å². The Hall–Kier alpha value is -1.77. The number of esters is 1. The number of carbonyl (C=O) groups excluding carboxylic acids is 1. The van der Waals surface area contributed by atoms with Crippen molar-refractivity contribution in [1.82, 2.24) is 0 Å². The maximum Gasteiger partial charge on any atom is 0.334 e. The van der Waals surface area contributed by atoms with Gasteiger partial charge in [-0.2, -0.15) is 0 Å². The summed E-state index contributed by atoms with van der Waals surface area (Å²) in [4.78, 5) is 11.6. The molecule has 3 nitrogen and oxygen atoms in total. The van der Waals surface area contributed by atoms with Gasteiger partial charge in [0.05, 0.1) is 13.7 Å². The summed E-state index contributed by atoms with van der Waals surface area (Å²) in [6.45, 7) is 2.24. The standard InChI is InChI=1S/C14H16O3/c1-3-17-14(15)11-5-4-10-6-7-13(16-2)9-12(10)8-11/h6-9H,3-5H2,1-2H3. The van der Waals surface area contributed by atoms with Gasteiger partial charge in [0, 0.05) is 5.57 Å². The number of hydrogen-bond acceptors (Lipinski definition) is 3. The topological polar surface area (TPSA) is 35.5 Å². The maximum absolute atomic E-state index is 11.6. The Morgan fingerprint density at radius 1 is 1.35 bits per heavy atom. The van der Waals surface area contributed by atoms with Crippen molar-refractivity contribution in [3.8, 4) is 5.75 Å². The largest absolute Gasteiger partial charge is 0.497 e. The number of ether oxygens (including phenoxy) is 2. The molecule has 0 atom stereocenters. The molecule has 0 fully saturated rings. The third-order valence-corrected chi connectivity index (χ3v) is 2.88. The van der Waals surface area contributed by atoms with E-state index in [2.05, 4.69) is 0 Å². The van der Waals surface area contributed by atoms with Crippen molar-refractivity contribution >= 4 is 12.0 Å². The van der Waals surface area contributed by atoms with Crippen molar-refractivity contribution < 1.29 is 14.3 Å². The zero-order valence-electron chi connectivity index (χ0n) is 10.2. The minimum absolute atomic E-state index is 0.207. The van der Waals surface area contributed by atoms with Crippen molar-refractivity contribution in [1.29, 1.82) is 0 Å². The predicted molar refractivity (Wildman–Crippen MR) is 65.9 cm³/mol. The van der Waals surface area contributed by atoms with Gasteiger partial charge in [-0.1, -0.05) is 6.07 Å². The van der Waals surface area contributed by atoms with Gasteiger partial charge < -0.3 is 9.47 Å². The van der Waals surface area contributed by atoms with Gasteiger partial charge in [-0.05, 0) is 49.1 Å². The minimum atomic E-state index is -0.207. The van der Waals surface area contributed by atoms with Crippen LogP contribution in [0, 0.1) is 0 Å². The molecule has 3 heteroatoms. The molecule has 0 aromatic heterocycles. The van der Waals surface area contributed by atoms with E-state index in [1.54, 1.807) is 7.11 Å². The van der Waals surface area contributed by atoms with Crippen LogP contribution in [0.25, 0.3) is 6.08 Å². The van der Waals surface area contributed by atoms with Gasteiger partial charge in [0.1, 0.15) is 5.75 Å². The fraction of sp³-hybridized carbons (Fsp3) is 0.357. The molecule has 0 heterocycles. The first-order chi connectivity index (χ1) is 8.24. The molecule has 17 heavy (non-hydrogen) atoms. The smallest absolute Gasteiger partial charge is 0.334 e. The molecule has 0 amide bonds. The van der Waals surface area contributed by atoms with Crippen LogP contribution in [0.4, 0.5) is 0 Å². The number of aryl methyl sites for hydroxylation is 1. The van der Waals surface area contributed by atoms with Crippen molar-refractivity contribution in [3.63, 3.8) is 0 Å². The third-order valence-electron chi connectivity index (χ3n) is 2.88. The molecule has 0 bridgehead atoms. The summed E-state index contributed by atoms with van der Waals surface area (Å²) in [5.74, 6) is 0.603. The molecular formula is C14H16O3. The van der Waals surface area contributed by atoms with Crippen LogP contribution in [0.3, 0.4) is 0 Å². The summed E-state index contributed by atoms with van der Waals surface area (Å²) in [6, 6.07) is 5.95. The van der Waals surface area contributed by atoms with Gasteiger partial charge in [0.15, 0.2) is 0 Å². The molecule has 0 saturated carbocycles. The van der Waals surface area contributed by atoms with Crippen LogP contribution in [-0.4, -0.2) is 19.7 Å². The number of benzene rings is 1. The summed E-state index contributed by atoms with van der Waals surface area (Å²) in [6.07, 6.45) is 3.53. The molecule has 0 radical (unpaired) electrons. The van der Waals surface area contributed by atoms with Crippen LogP contribution >= 0.6 is 0 Å². The lowest BCUT2D eigenvalue weighted by Crippen LogP contribution is -2.11. The quantitative estimate of drug-likeness (QED) is 0.751. The SMILES string of the molecule is CCOC(=O)C1=Cc2cc(OC)ccc2CC1. The maximum atomic E-state index is 11.6. The van der Waals surface area contributed by atoms with E-state index in [1.165, 1.54) is 5.56 Å². The average molecular weight is 232 g/mol. The molecule has 0 N–H and O–H groups in total. The van der Waals surface area contributed by atoms with Gasteiger partial charge in [0.2, 0.25) is 0 Å². The highest BCUT2D eigenvalue weighted by molar-refractivity contribution is 5.94. The first-order valence-electron chi connectivity index (χ1n) is 5.79. The number of rotatable bonds is 3. The Morgan fingerprint density at radius 3 is 2.88 bits per heavy atom. The molecular weight excluding hydrogens is 216 g/mol. The number of hydrogen-bond donors (Lipinski definition) is 0. The average Bonchev–Trinajstić information content (AvgIpc) is 2.37. The second kappa shape index (κ2) is 5.04. The molecule has 0 aliphatic heterocycles. The van der Waals surface area contributed by atoms with E-state index in [1.807, 2.05) is 31.2 Å². The zero-order valence-corrected chi connectivity index (χ0v) is 10.2. The van der Waals surface area contributed by atoms with Crippen LogP contribution in [-0.2, 0) is 16.0 Å². The van der Waals surface area contributed by atoms with E-state index in [-0.39, 0.29) is 5.97 Å². The first-order valence-corrected chi connectivity index (χ1v) is 5.79. The highest BCUT2D eigenvalue weighted by Crippen LogP contribution is 2.27. The fourth-order valence-electron chi connectivity index (χ4n) is 1.98. The summed E-state index contributed by atoms with van der Waals surface area (Å²) in [7, 11) is 1.64. The second-order valence-electron chi connectivity index (χ2n) is 3.95. The van der Waals surface area contributed by atoms with Crippen molar-refractivity contribution in [3.05, 3.63) is 34.9 Å². The Labute approximate surface area is 101 Å². The Bertz CT molecular complexity index is 461. The van der Waals surface area contributed by atoms with Crippen molar-refractivity contribution in [2.24, 2.45) is 0 Å². The Balaban J connectivity index is 2.29. The van der Waals surface area contributed by atoms with E-state index >= 15 is 0 Å². The van der Waals surface area contributed by atoms with Crippen LogP contribution < -0.4 is 4.74 Å². The zero-order chi connectivity index (χ0) is 12.3. The van der Waals surface area contributed by atoms with Gasteiger partial charge in [0.25, 0.3) is 0 Å². The monoisotopic (exact) mass is 232 g/mol. The second-order valence-corrected chi connectivity index (χ2v) is 3.95. The molecule has 1 aliphatic rings. The van der Waals surface area contributed by atoms with E-state index in [0.717, 1.165) is 29.7 Å². The molecule has 1 aliphatic carbocycles. The number of fused-ring (bicyclic) bond motifs is 1. The summed E-state index contributed by atoms with van der Waals surface area (Å²) in [5.41, 5.74) is 3.05. The molecule has 0 saturated heterocycles. The highest BCUT2D eigenvalue weighted by atomic mass is 16.5. The summed E-state index contributed by atoms with van der Waals surface area (Å²) in [5, 5.41) is 0. The lowest BCUT2D eigenvalue weighted by atomic mass is 9.92. The van der Waals surface area contributed by atoms with Crippen LogP contribution in [0.5, 0.6) is 5.75 Å². The van der Waals surface area contributed by atoms with Gasteiger partial charge in [-0.3, -0.25) is 0 Å². The number of methoxy groups -OCH3 is 1. The molecule has 90 valence electrons. The summed E-state index contributed by atoms with van der Waals surface area (Å²) < 4.78 is 10.2. The third kappa shape index (κ3) is 2.49. The van der Waals surface area contributed by atoms with E-state index in [0.29, 0.717) is 6.61 Å². The molecule has 0 unspecified atom stereocenters. The lowest BCUT2D eigenvalue weighted by Gasteiger charge is -2.16. The van der Waals surface area contributed by atoms with Crippen LogP contribution in [0.2, 0.25) is 0 Å². The normalized spacial score (nSPS) is 13.6. The number of carbonyl (C=O) groups is 1. The highest BCUT2D eigenvalue weighted by Gasteiger charge is 2.17. The van der Waals surface area contributed by atoms with Gasteiger partial charge in [-0.15, -0.1) is 0 Å². The molecule has 2 rings (SSSR count). The van der Waals surface area contributed by atoms with Crippen molar-refractivity contribution in [2.75, 3.05) is 13.7 Å². The van der Waals surface area contributed by atoms with Crippen LogP contribution in [0.1, 0.15) is 24.5 Å². The Morgan fingerprint density at radius 2 is 2.18 bits per heavy atom. The first kappa shape index (κ1) is 11.7. The minimum Gasteiger partial charge on any atom is -0.497 e. The Kier molecular flexibility index (Phi) is 3.47. The van der Waals surface area contributed by atoms with Crippen molar-refractivity contribution in [2.45, 2.75) is 19.8 Å². The molecule has 0 spiro atoms. The van der Waals surface area contributed by atoms with E-state index < -0.39 is 0 Å². The van der Waals surface area contributed by atoms with Gasteiger partial charge in [-0.25, -0.2) is 4.79 Å². The van der Waals surface area contributed by atoms with Crippen LogP contribution in [0.15, 0.2) is 23.8 Å². The molecule has 1 aromatic carbocycles. The fourth-order valence-corrected chi connectivity index (χ4v) is 1.98. The van der Waals surface area contributed by atoms with Gasteiger partial charge >= 0.3 is 5.97 Å². The molecule has 1 aromatic rings. The lowest BCUT2D eigenvalue weighted by molar-refractivity contribution is -0.138.